The Balaban J connectivity index is 2.93. The van der Waals surface area contributed by atoms with Gasteiger partial charge in [-0.3, -0.25) is 4.79 Å². The van der Waals surface area contributed by atoms with Crippen LogP contribution in [0.15, 0.2) is 21.1 Å². The van der Waals surface area contributed by atoms with Crippen LogP contribution in [-0.2, 0) is 11.3 Å². The zero-order valence-electron chi connectivity index (χ0n) is 13.3. The number of carboxylic acid groups (broad SMARTS) is 1. The van der Waals surface area contributed by atoms with Gasteiger partial charge < -0.3 is 15.2 Å². The molecule has 1 aromatic carbocycles. The highest BCUT2D eigenvalue weighted by atomic mass is 79.9. The van der Waals surface area contributed by atoms with E-state index in [2.05, 4.69) is 37.2 Å². The molecule has 1 aromatic rings. The fourth-order valence-electron chi connectivity index (χ4n) is 2.09. The molecule has 1 unspecified atom stereocenters. The van der Waals surface area contributed by atoms with Crippen molar-refractivity contribution in [2.24, 2.45) is 5.92 Å². The molecule has 6 heteroatoms. The molecule has 0 aliphatic rings. The zero-order chi connectivity index (χ0) is 16.9. The van der Waals surface area contributed by atoms with Crippen LogP contribution in [0.3, 0.4) is 0 Å². The van der Waals surface area contributed by atoms with Crippen molar-refractivity contribution in [1.82, 2.24) is 5.32 Å². The van der Waals surface area contributed by atoms with Gasteiger partial charge in [0.2, 0.25) is 0 Å². The summed E-state index contributed by atoms with van der Waals surface area (Å²) in [5.74, 6) is 0.239. The van der Waals surface area contributed by atoms with E-state index in [4.69, 9.17) is 4.74 Å². The Bertz CT molecular complexity index is 518. The molecule has 0 fully saturated rings. The van der Waals surface area contributed by atoms with Gasteiger partial charge in [-0.1, -0.05) is 29.8 Å². The molecule has 0 saturated carbocycles. The number of hydrogen-bond donors (Lipinski definition) is 2. The van der Waals surface area contributed by atoms with Gasteiger partial charge >= 0.3 is 5.97 Å². The second-order valence-electron chi connectivity index (χ2n) is 5.94. The lowest BCUT2D eigenvalue weighted by Gasteiger charge is -2.20. The first-order valence-electron chi connectivity index (χ1n) is 7.31. The van der Waals surface area contributed by atoms with E-state index in [1.807, 2.05) is 39.8 Å². The first kappa shape index (κ1) is 19.5. The van der Waals surface area contributed by atoms with Gasteiger partial charge in [0.1, 0.15) is 11.8 Å². The summed E-state index contributed by atoms with van der Waals surface area (Å²) in [4.78, 5) is 11.3. The predicted molar refractivity (Wildman–Crippen MR) is 95.3 cm³/mol. The first-order valence-corrected chi connectivity index (χ1v) is 8.90. The third-order valence-electron chi connectivity index (χ3n) is 2.98. The van der Waals surface area contributed by atoms with Gasteiger partial charge in [0.05, 0.1) is 10.6 Å². The number of carbonyl (C=O) groups is 1. The monoisotopic (exact) mass is 435 g/mol. The van der Waals surface area contributed by atoms with Crippen LogP contribution in [0.25, 0.3) is 0 Å². The van der Waals surface area contributed by atoms with Gasteiger partial charge in [0.25, 0.3) is 0 Å². The largest absolute Gasteiger partial charge is 0.489 e. The smallest absolute Gasteiger partial charge is 0.320 e. The van der Waals surface area contributed by atoms with Crippen LogP contribution in [-0.4, -0.2) is 23.2 Å². The van der Waals surface area contributed by atoms with Crippen molar-refractivity contribution >= 4 is 37.8 Å². The van der Waals surface area contributed by atoms with Crippen LogP contribution in [0.2, 0.25) is 0 Å². The van der Waals surface area contributed by atoms with Gasteiger partial charge in [-0.15, -0.1) is 0 Å². The fraction of sp³-hybridized carbons (Fsp3) is 0.562. The van der Waals surface area contributed by atoms with E-state index in [0.717, 1.165) is 20.3 Å². The van der Waals surface area contributed by atoms with Gasteiger partial charge in [-0.25, -0.2) is 0 Å². The van der Waals surface area contributed by atoms with E-state index in [0.29, 0.717) is 18.9 Å². The second-order valence-corrected chi connectivity index (χ2v) is 7.71. The lowest BCUT2D eigenvalue weighted by atomic mass is 10.0. The maximum absolute atomic E-state index is 11.3. The topological polar surface area (TPSA) is 58.6 Å². The Morgan fingerprint density at radius 3 is 2.41 bits per heavy atom. The number of nitrogens with one attached hydrogen (secondary N) is 1. The van der Waals surface area contributed by atoms with Crippen molar-refractivity contribution in [1.29, 1.82) is 0 Å². The Kier molecular flexibility index (Phi) is 7.86. The highest BCUT2D eigenvalue weighted by molar-refractivity contribution is 9.11. The Morgan fingerprint density at radius 2 is 1.91 bits per heavy atom. The molecule has 0 aromatic heterocycles. The van der Waals surface area contributed by atoms with Crippen LogP contribution < -0.4 is 10.1 Å². The third kappa shape index (κ3) is 6.26. The molecule has 2 N–H and O–H groups in total. The average molecular weight is 437 g/mol. The second kappa shape index (κ2) is 8.89. The van der Waals surface area contributed by atoms with Crippen LogP contribution in [0.4, 0.5) is 0 Å². The maximum Gasteiger partial charge on any atom is 0.320 e. The molecule has 0 bridgehead atoms. The van der Waals surface area contributed by atoms with E-state index in [9.17, 15) is 9.90 Å². The van der Waals surface area contributed by atoms with E-state index in [-0.39, 0.29) is 6.10 Å². The van der Waals surface area contributed by atoms with Gasteiger partial charge in [-0.2, -0.15) is 0 Å². The summed E-state index contributed by atoms with van der Waals surface area (Å²) in [5.41, 5.74) is 0.921. The minimum absolute atomic E-state index is 0.0437. The summed E-state index contributed by atoms with van der Waals surface area (Å²) in [6, 6.07) is 3.30. The average Bonchev–Trinajstić information content (AvgIpc) is 2.37. The van der Waals surface area contributed by atoms with E-state index >= 15 is 0 Å². The maximum atomic E-state index is 11.3. The molecule has 22 heavy (non-hydrogen) atoms. The number of carboxylic acids is 1. The van der Waals surface area contributed by atoms with Gasteiger partial charge in [-0.05, 0) is 54.2 Å². The summed E-state index contributed by atoms with van der Waals surface area (Å²) in [7, 11) is 0. The summed E-state index contributed by atoms with van der Waals surface area (Å²) >= 11 is 6.96. The minimum atomic E-state index is -0.825. The van der Waals surface area contributed by atoms with Gasteiger partial charge in [0.15, 0.2) is 0 Å². The van der Waals surface area contributed by atoms with E-state index in [1.54, 1.807) is 0 Å². The van der Waals surface area contributed by atoms with E-state index in [1.165, 1.54) is 0 Å². The highest BCUT2D eigenvalue weighted by Crippen LogP contribution is 2.33. The number of aliphatic carboxylic acids is 1. The number of rotatable bonds is 8. The Labute approximate surface area is 148 Å². The lowest BCUT2D eigenvalue weighted by Crippen LogP contribution is -2.37. The summed E-state index contributed by atoms with van der Waals surface area (Å²) in [5, 5.41) is 12.4. The van der Waals surface area contributed by atoms with Crippen LogP contribution >= 0.6 is 31.9 Å². The molecule has 0 heterocycles. The Morgan fingerprint density at radius 1 is 1.27 bits per heavy atom. The lowest BCUT2D eigenvalue weighted by molar-refractivity contribution is -0.140. The van der Waals surface area contributed by atoms with Crippen molar-refractivity contribution in [2.45, 2.75) is 52.8 Å². The summed E-state index contributed by atoms with van der Waals surface area (Å²) in [6.07, 6.45) is 0.632. The van der Waals surface area contributed by atoms with Crippen LogP contribution in [0, 0.1) is 5.92 Å². The van der Waals surface area contributed by atoms with Crippen LogP contribution in [0.5, 0.6) is 5.75 Å². The van der Waals surface area contributed by atoms with Crippen molar-refractivity contribution < 1.29 is 14.6 Å². The first-order chi connectivity index (χ1) is 10.2. The molecule has 0 saturated heterocycles. The summed E-state index contributed by atoms with van der Waals surface area (Å²) in [6.45, 7) is 8.39. The van der Waals surface area contributed by atoms with Crippen molar-refractivity contribution in [3.8, 4) is 5.75 Å². The molecule has 0 amide bonds. The zero-order valence-corrected chi connectivity index (χ0v) is 16.5. The molecule has 0 aliphatic carbocycles. The predicted octanol–water partition coefficient (Wildman–Crippen LogP) is 4.59. The van der Waals surface area contributed by atoms with Gasteiger partial charge in [0, 0.05) is 16.6 Å². The Hall–Kier alpha value is -0.590. The minimum Gasteiger partial charge on any atom is -0.489 e. The number of benzene rings is 1. The molecular weight excluding hydrogens is 414 g/mol. The molecule has 0 aliphatic heterocycles. The van der Waals surface area contributed by atoms with E-state index < -0.39 is 12.0 Å². The molecule has 0 radical (unpaired) electrons. The van der Waals surface area contributed by atoms with Crippen molar-refractivity contribution in [2.75, 3.05) is 0 Å². The third-order valence-corrected chi connectivity index (χ3v) is 4.03. The van der Waals surface area contributed by atoms with Crippen molar-refractivity contribution in [3.05, 3.63) is 26.6 Å². The number of ether oxygens (including phenoxy) is 1. The molecular formula is C16H23Br2NO3. The molecule has 0 spiro atoms. The number of halogens is 2. The SMILES string of the molecule is CC(C)CC(NCc1cc(Br)cc(Br)c1OC(C)C)C(=O)O. The fourth-order valence-corrected chi connectivity index (χ4v) is 3.50. The molecule has 124 valence electrons. The van der Waals surface area contributed by atoms with Crippen LogP contribution in [0.1, 0.15) is 39.7 Å². The standard InChI is InChI=1S/C16H23Br2NO3/c1-9(2)5-14(16(20)21)19-8-11-6-12(17)7-13(18)15(11)22-10(3)4/h6-7,9-10,14,19H,5,8H2,1-4H3,(H,20,21). The molecule has 1 rings (SSSR count). The number of hydrogen-bond acceptors (Lipinski definition) is 3. The summed E-state index contributed by atoms with van der Waals surface area (Å²) < 4.78 is 7.62. The quantitative estimate of drug-likeness (QED) is 0.625. The molecule has 4 nitrogen and oxygen atoms in total. The normalized spacial score (nSPS) is 12.7. The highest BCUT2D eigenvalue weighted by Gasteiger charge is 2.20. The van der Waals surface area contributed by atoms with Crippen molar-refractivity contribution in [3.63, 3.8) is 0 Å². The molecule has 1 atom stereocenters.